The molecule has 1 amide bonds. The minimum Gasteiger partial charge on any atom is -0.340 e. The molecule has 1 aliphatic rings. The molecule has 0 spiro atoms. The van der Waals surface area contributed by atoms with Crippen LogP contribution in [0.2, 0.25) is 0 Å². The molecule has 94 valence electrons. The topological polar surface area (TPSA) is 32.3 Å². The van der Waals surface area contributed by atoms with Crippen molar-refractivity contribution in [2.24, 2.45) is 0 Å². The van der Waals surface area contributed by atoms with Crippen LogP contribution in [0.15, 0.2) is 0 Å². The van der Waals surface area contributed by atoms with E-state index in [0.717, 1.165) is 25.4 Å². The fourth-order valence-electron chi connectivity index (χ4n) is 1.82. The molecule has 3 nitrogen and oxygen atoms in total. The van der Waals surface area contributed by atoms with Crippen LogP contribution in [0.1, 0.15) is 33.1 Å². The monoisotopic (exact) mass is 244 g/mol. The molecule has 0 bridgehead atoms. The highest BCUT2D eigenvalue weighted by Gasteiger charge is 2.19. The summed E-state index contributed by atoms with van der Waals surface area (Å²) in [7, 11) is 0. The number of thioether (sulfide) groups is 1. The summed E-state index contributed by atoms with van der Waals surface area (Å²) < 4.78 is 0. The first kappa shape index (κ1) is 13.8. The summed E-state index contributed by atoms with van der Waals surface area (Å²) in [5.74, 6) is 2.51. The quantitative estimate of drug-likeness (QED) is 0.722. The number of rotatable bonds is 6. The van der Waals surface area contributed by atoms with Crippen LogP contribution >= 0.6 is 11.8 Å². The summed E-state index contributed by atoms with van der Waals surface area (Å²) >= 11 is 1.91. The minimum atomic E-state index is 0.331. The Labute approximate surface area is 103 Å². The molecule has 0 aromatic carbocycles. The number of nitrogens with one attached hydrogen (secondary N) is 1. The molecular formula is C12H24N2OS. The first-order valence-corrected chi connectivity index (χ1v) is 7.48. The Morgan fingerprint density at radius 3 is 3.00 bits per heavy atom. The molecular weight excluding hydrogens is 220 g/mol. The molecule has 16 heavy (non-hydrogen) atoms. The lowest BCUT2D eigenvalue weighted by Crippen LogP contribution is -2.51. The van der Waals surface area contributed by atoms with Crippen molar-refractivity contribution in [3.63, 3.8) is 0 Å². The van der Waals surface area contributed by atoms with Gasteiger partial charge in [-0.3, -0.25) is 4.79 Å². The normalized spacial score (nSPS) is 21.1. The van der Waals surface area contributed by atoms with Gasteiger partial charge >= 0.3 is 0 Å². The van der Waals surface area contributed by atoms with Gasteiger partial charge in [-0.15, -0.1) is 0 Å². The highest BCUT2D eigenvalue weighted by Crippen LogP contribution is 2.08. The van der Waals surface area contributed by atoms with Gasteiger partial charge in [0, 0.05) is 37.8 Å². The number of carbonyl (C=O) groups is 1. The number of carbonyl (C=O) groups excluding carboxylic acids is 1. The predicted molar refractivity (Wildman–Crippen MR) is 70.9 cm³/mol. The van der Waals surface area contributed by atoms with E-state index >= 15 is 0 Å². The molecule has 0 aliphatic carbocycles. The molecule has 1 unspecified atom stereocenters. The van der Waals surface area contributed by atoms with Crippen LogP contribution in [0.25, 0.3) is 0 Å². The second-order valence-electron chi connectivity index (χ2n) is 4.41. The molecule has 1 rings (SSSR count). The second kappa shape index (κ2) is 7.96. The third-order valence-corrected chi connectivity index (χ3v) is 3.89. The molecule has 1 saturated heterocycles. The summed E-state index contributed by atoms with van der Waals surface area (Å²) in [5.41, 5.74) is 0. The van der Waals surface area contributed by atoms with Crippen molar-refractivity contribution in [1.29, 1.82) is 0 Å². The summed E-state index contributed by atoms with van der Waals surface area (Å²) in [5, 5.41) is 3.35. The van der Waals surface area contributed by atoms with Gasteiger partial charge in [-0.2, -0.15) is 11.8 Å². The Balaban J connectivity index is 2.09. The first-order chi connectivity index (χ1) is 7.74. The minimum absolute atomic E-state index is 0.331. The zero-order valence-electron chi connectivity index (χ0n) is 10.5. The van der Waals surface area contributed by atoms with Crippen molar-refractivity contribution in [2.75, 3.05) is 31.1 Å². The van der Waals surface area contributed by atoms with Gasteiger partial charge in [0.05, 0.1) is 0 Å². The average Bonchev–Trinajstić information content (AvgIpc) is 2.28. The zero-order chi connectivity index (χ0) is 11.8. The first-order valence-electron chi connectivity index (χ1n) is 6.33. The van der Waals surface area contributed by atoms with E-state index in [0.29, 0.717) is 18.4 Å². The van der Waals surface area contributed by atoms with Crippen molar-refractivity contribution >= 4 is 17.7 Å². The van der Waals surface area contributed by atoms with Gasteiger partial charge in [-0.05, 0) is 19.1 Å². The molecule has 0 saturated carbocycles. The lowest BCUT2D eigenvalue weighted by Gasteiger charge is -2.31. The molecule has 0 aromatic rings. The van der Waals surface area contributed by atoms with E-state index in [1.165, 1.54) is 18.6 Å². The Morgan fingerprint density at radius 2 is 2.31 bits per heavy atom. The van der Waals surface area contributed by atoms with Crippen LogP contribution in [0.4, 0.5) is 0 Å². The van der Waals surface area contributed by atoms with Crippen LogP contribution in [0.5, 0.6) is 0 Å². The van der Waals surface area contributed by atoms with Gasteiger partial charge in [0.15, 0.2) is 0 Å². The van der Waals surface area contributed by atoms with E-state index in [1.54, 1.807) is 0 Å². The number of nitrogens with zero attached hydrogens (tertiary/aromatic N) is 1. The Morgan fingerprint density at radius 1 is 1.50 bits per heavy atom. The van der Waals surface area contributed by atoms with Crippen LogP contribution in [-0.4, -0.2) is 48.0 Å². The number of piperazine rings is 1. The van der Waals surface area contributed by atoms with E-state index in [9.17, 15) is 4.79 Å². The smallest absolute Gasteiger partial charge is 0.223 e. The zero-order valence-corrected chi connectivity index (χ0v) is 11.3. The van der Waals surface area contributed by atoms with E-state index < -0.39 is 0 Å². The molecule has 1 heterocycles. The van der Waals surface area contributed by atoms with Crippen molar-refractivity contribution in [3.05, 3.63) is 0 Å². The standard InChI is InChI=1S/C12H24N2OS/c1-3-4-8-16-9-5-12(15)14-7-6-13-11(2)10-14/h11,13H,3-10H2,1-2H3. The Hall–Kier alpha value is -0.220. The van der Waals surface area contributed by atoms with Crippen LogP contribution in [0, 0.1) is 0 Å². The van der Waals surface area contributed by atoms with E-state index in [2.05, 4.69) is 19.2 Å². The van der Waals surface area contributed by atoms with Gasteiger partial charge in [0.25, 0.3) is 0 Å². The van der Waals surface area contributed by atoms with Gasteiger partial charge in [0.1, 0.15) is 0 Å². The number of amides is 1. The van der Waals surface area contributed by atoms with Crippen LogP contribution in [-0.2, 0) is 4.79 Å². The van der Waals surface area contributed by atoms with Gasteiger partial charge in [0.2, 0.25) is 5.91 Å². The van der Waals surface area contributed by atoms with Crippen LogP contribution in [0.3, 0.4) is 0 Å². The van der Waals surface area contributed by atoms with Crippen molar-refractivity contribution < 1.29 is 4.79 Å². The number of hydrogen-bond acceptors (Lipinski definition) is 3. The number of hydrogen-bond donors (Lipinski definition) is 1. The van der Waals surface area contributed by atoms with E-state index in [4.69, 9.17) is 0 Å². The highest BCUT2D eigenvalue weighted by atomic mass is 32.2. The SMILES string of the molecule is CCCCSCCC(=O)N1CCNC(C)C1. The second-order valence-corrected chi connectivity index (χ2v) is 5.64. The highest BCUT2D eigenvalue weighted by molar-refractivity contribution is 7.99. The third kappa shape index (κ3) is 5.21. The summed E-state index contributed by atoms with van der Waals surface area (Å²) in [4.78, 5) is 13.9. The maximum atomic E-state index is 11.9. The van der Waals surface area contributed by atoms with Gasteiger partial charge < -0.3 is 10.2 Å². The fraction of sp³-hybridized carbons (Fsp3) is 0.917. The maximum Gasteiger partial charge on any atom is 0.223 e. The summed E-state index contributed by atoms with van der Waals surface area (Å²) in [6.07, 6.45) is 3.22. The Bertz CT molecular complexity index is 211. The van der Waals surface area contributed by atoms with Crippen molar-refractivity contribution in [3.8, 4) is 0 Å². The van der Waals surface area contributed by atoms with Gasteiger partial charge in [-0.1, -0.05) is 13.3 Å². The fourth-order valence-corrected chi connectivity index (χ4v) is 2.84. The molecule has 1 fully saturated rings. The maximum absolute atomic E-state index is 11.9. The van der Waals surface area contributed by atoms with Crippen molar-refractivity contribution in [1.82, 2.24) is 10.2 Å². The number of unbranched alkanes of at least 4 members (excludes halogenated alkanes) is 1. The van der Waals surface area contributed by atoms with Gasteiger partial charge in [-0.25, -0.2) is 0 Å². The molecule has 1 atom stereocenters. The largest absolute Gasteiger partial charge is 0.340 e. The molecule has 0 aromatic heterocycles. The molecule has 0 radical (unpaired) electrons. The molecule has 1 N–H and O–H groups in total. The average molecular weight is 244 g/mol. The Kier molecular flexibility index (Phi) is 6.88. The molecule has 4 heteroatoms. The summed E-state index contributed by atoms with van der Waals surface area (Å²) in [6, 6.07) is 0.449. The lowest BCUT2D eigenvalue weighted by atomic mass is 10.2. The van der Waals surface area contributed by atoms with Crippen molar-refractivity contribution in [2.45, 2.75) is 39.2 Å². The molecule has 1 aliphatic heterocycles. The van der Waals surface area contributed by atoms with E-state index in [1.807, 2.05) is 16.7 Å². The van der Waals surface area contributed by atoms with Crippen LogP contribution < -0.4 is 5.32 Å². The predicted octanol–water partition coefficient (Wildman–Crippen LogP) is 1.73. The van der Waals surface area contributed by atoms with E-state index in [-0.39, 0.29) is 0 Å². The third-order valence-electron chi connectivity index (χ3n) is 2.82. The lowest BCUT2D eigenvalue weighted by molar-refractivity contribution is -0.131. The summed E-state index contributed by atoms with van der Waals surface area (Å²) in [6.45, 7) is 7.03.